The van der Waals surface area contributed by atoms with Gasteiger partial charge >= 0.3 is 0 Å². The third-order valence-electron chi connectivity index (χ3n) is 3.67. The first-order valence-corrected chi connectivity index (χ1v) is 6.46. The summed E-state index contributed by atoms with van der Waals surface area (Å²) >= 11 is 0. The molecule has 1 fully saturated rings. The van der Waals surface area contributed by atoms with Gasteiger partial charge < -0.3 is 9.84 Å². The maximum absolute atomic E-state index is 10.6. The molecule has 0 unspecified atom stereocenters. The second-order valence-corrected chi connectivity index (χ2v) is 5.03. The van der Waals surface area contributed by atoms with E-state index in [1.54, 1.807) is 6.20 Å². The Bertz CT molecular complexity index is 353. The van der Waals surface area contributed by atoms with E-state index in [4.69, 9.17) is 4.74 Å². The summed E-state index contributed by atoms with van der Waals surface area (Å²) in [7, 11) is 0. The zero-order chi connectivity index (χ0) is 12.3. The first-order valence-electron chi connectivity index (χ1n) is 6.46. The van der Waals surface area contributed by atoms with Crippen LogP contribution in [0.25, 0.3) is 0 Å². The summed E-state index contributed by atoms with van der Waals surface area (Å²) in [6.45, 7) is 4.80. The van der Waals surface area contributed by atoms with Crippen LogP contribution in [-0.4, -0.2) is 16.7 Å². The van der Waals surface area contributed by atoms with Crippen molar-refractivity contribution in [2.45, 2.75) is 45.1 Å². The van der Waals surface area contributed by atoms with Gasteiger partial charge in [-0.05, 0) is 44.6 Å². The quantitative estimate of drug-likeness (QED) is 0.876. The van der Waals surface area contributed by atoms with Crippen LogP contribution in [0.5, 0.6) is 5.88 Å². The van der Waals surface area contributed by atoms with E-state index >= 15 is 0 Å². The molecule has 0 spiro atoms. The van der Waals surface area contributed by atoms with Gasteiger partial charge in [0.25, 0.3) is 0 Å². The van der Waals surface area contributed by atoms with Crippen LogP contribution in [0.2, 0.25) is 0 Å². The molecule has 1 N–H and O–H groups in total. The Morgan fingerprint density at radius 3 is 2.65 bits per heavy atom. The smallest absolute Gasteiger partial charge is 0.213 e. The van der Waals surface area contributed by atoms with Crippen LogP contribution in [0.1, 0.15) is 45.1 Å². The van der Waals surface area contributed by atoms with Crippen molar-refractivity contribution < 1.29 is 9.84 Å². The minimum absolute atomic E-state index is 0.619. The highest BCUT2D eigenvalue weighted by atomic mass is 16.5. The van der Waals surface area contributed by atoms with Crippen LogP contribution in [0.4, 0.5) is 0 Å². The standard InChI is InChI=1S/C14H21NO2/c1-3-17-13-5-4-12(10-15-13)14(16)8-6-11(2)7-9-14/h4-5,10-11,16H,3,6-9H2,1-2H3. The first-order chi connectivity index (χ1) is 8.14. The lowest BCUT2D eigenvalue weighted by Crippen LogP contribution is -2.30. The lowest BCUT2D eigenvalue weighted by atomic mass is 9.76. The Kier molecular flexibility index (Phi) is 3.67. The molecule has 0 saturated heterocycles. The van der Waals surface area contributed by atoms with Crippen LogP contribution < -0.4 is 4.74 Å². The van der Waals surface area contributed by atoms with E-state index in [1.165, 1.54) is 0 Å². The summed E-state index contributed by atoms with van der Waals surface area (Å²) in [5.41, 5.74) is 0.248. The fourth-order valence-electron chi connectivity index (χ4n) is 2.42. The van der Waals surface area contributed by atoms with Crippen LogP contribution in [0.3, 0.4) is 0 Å². The molecule has 1 saturated carbocycles. The monoisotopic (exact) mass is 235 g/mol. The van der Waals surface area contributed by atoms with E-state index in [0.29, 0.717) is 12.5 Å². The maximum atomic E-state index is 10.6. The molecule has 0 radical (unpaired) electrons. The van der Waals surface area contributed by atoms with Gasteiger partial charge in [-0.15, -0.1) is 0 Å². The van der Waals surface area contributed by atoms with E-state index in [1.807, 2.05) is 19.1 Å². The Morgan fingerprint density at radius 1 is 1.41 bits per heavy atom. The molecule has 1 aliphatic rings. The first kappa shape index (κ1) is 12.4. The zero-order valence-corrected chi connectivity index (χ0v) is 10.6. The zero-order valence-electron chi connectivity index (χ0n) is 10.6. The lowest BCUT2D eigenvalue weighted by molar-refractivity contribution is -0.0123. The van der Waals surface area contributed by atoms with Crippen molar-refractivity contribution in [2.24, 2.45) is 5.92 Å². The lowest BCUT2D eigenvalue weighted by Gasteiger charge is -2.35. The summed E-state index contributed by atoms with van der Waals surface area (Å²) in [5.74, 6) is 1.36. The van der Waals surface area contributed by atoms with Gasteiger partial charge in [0, 0.05) is 17.8 Å². The summed E-state index contributed by atoms with van der Waals surface area (Å²) in [5, 5.41) is 10.6. The summed E-state index contributed by atoms with van der Waals surface area (Å²) in [6.07, 6.45) is 5.60. The van der Waals surface area contributed by atoms with Gasteiger partial charge in [0.2, 0.25) is 5.88 Å². The highest BCUT2D eigenvalue weighted by Crippen LogP contribution is 2.39. The van der Waals surface area contributed by atoms with Crippen molar-refractivity contribution >= 4 is 0 Å². The van der Waals surface area contributed by atoms with Crippen molar-refractivity contribution in [3.05, 3.63) is 23.9 Å². The summed E-state index contributed by atoms with van der Waals surface area (Å²) < 4.78 is 5.31. The van der Waals surface area contributed by atoms with Crippen molar-refractivity contribution in [3.63, 3.8) is 0 Å². The number of aliphatic hydroxyl groups is 1. The fourth-order valence-corrected chi connectivity index (χ4v) is 2.42. The number of rotatable bonds is 3. The van der Waals surface area contributed by atoms with Crippen LogP contribution in [-0.2, 0) is 5.60 Å². The van der Waals surface area contributed by atoms with Gasteiger partial charge in [-0.1, -0.05) is 6.92 Å². The fraction of sp³-hybridized carbons (Fsp3) is 0.643. The minimum atomic E-state index is -0.676. The van der Waals surface area contributed by atoms with E-state index in [2.05, 4.69) is 11.9 Å². The van der Waals surface area contributed by atoms with Gasteiger partial charge in [0.1, 0.15) is 0 Å². The molecular formula is C14H21NO2. The number of aromatic nitrogens is 1. The normalized spacial score (nSPS) is 29.0. The molecule has 17 heavy (non-hydrogen) atoms. The molecule has 3 nitrogen and oxygen atoms in total. The highest BCUT2D eigenvalue weighted by molar-refractivity contribution is 5.24. The maximum Gasteiger partial charge on any atom is 0.213 e. The van der Waals surface area contributed by atoms with Gasteiger partial charge in [0.15, 0.2) is 0 Å². The SMILES string of the molecule is CCOc1ccc(C2(O)CCC(C)CC2)cn1. The summed E-state index contributed by atoms with van der Waals surface area (Å²) in [6, 6.07) is 3.78. The minimum Gasteiger partial charge on any atom is -0.478 e. The average molecular weight is 235 g/mol. The van der Waals surface area contributed by atoms with Crippen molar-refractivity contribution in [3.8, 4) is 5.88 Å². The van der Waals surface area contributed by atoms with Crippen LogP contribution in [0, 0.1) is 5.92 Å². The second-order valence-electron chi connectivity index (χ2n) is 5.03. The molecule has 0 bridgehead atoms. The molecule has 0 atom stereocenters. The van der Waals surface area contributed by atoms with Crippen molar-refractivity contribution in [1.29, 1.82) is 0 Å². The van der Waals surface area contributed by atoms with Gasteiger partial charge in [-0.3, -0.25) is 0 Å². The number of hydrogen-bond acceptors (Lipinski definition) is 3. The predicted octanol–water partition coefficient (Wildman–Crippen LogP) is 2.88. The summed E-state index contributed by atoms with van der Waals surface area (Å²) in [4.78, 5) is 4.23. The molecule has 0 aliphatic heterocycles. The molecule has 3 heteroatoms. The highest BCUT2D eigenvalue weighted by Gasteiger charge is 2.33. The number of ether oxygens (including phenoxy) is 1. The Hall–Kier alpha value is -1.09. The largest absolute Gasteiger partial charge is 0.478 e. The molecule has 94 valence electrons. The van der Waals surface area contributed by atoms with Gasteiger partial charge in [0.05, 0.1) is 12.2 Å². The second kappa shape index (κ2) is 5.05. The average Bonchev–Trinajstić information content (AvgIpc) is 2.35. The molecule has 2 rings (SSSR count). The van der Waals surface area contributed by atoms with E-state index in [-0.39, 0.29) is 0 Å². The molecule has 1 heterocycles. The molecule has 1 aromatic rings. The van der Waals surface area contributed by atoms with E-state index in [9.17, 15) is 5.11 Å². The van der Waals surface area contributed by atoms with E-state index < -0.39 is 5.60 Å². The number of pyridine rings is 1. The topological polar surface area (TPSA) is 42.4 Å². The Labute approximate surface area is 103 Å². The predicted molar refractivity (Wildman–Crippen MR) is 66.9 cm³/mol. The van der Waals surface area contributed by atoms with Crippen molar-refractivity contribution in [1.82, 2.24) is 4.98 Å². The third kappa shape index (κ3) is 2.78. The van der Waals surface area contributed by atoms with Gasteiger partial charge in [-0.2, -0.15) is 0 Å². The molecule has 1 aromatic heterocycles. The van der Waals surface area contributed by atoms with E-state index in [0.717, 1.165) is 37.2 Å². The Balaban J connectivity index is 2.10. The molecule has 0 amide bonds. The molecule has 0 aromatic carbocycles. The molecule has 1 aliphatic carbocycles. The van der Waals surface area contributed by atoms with Crippen molar-refractivity contribution in [2.75, 3.05) is 6.61 Å². The van der Waals surface area contributed by atoms with Crippen LogP contribution in [0.15, 0.2) is 18.3 Å². The Morgan fingerprint density at radius 2 is 2.12 bits per heavy atom. The third-order valence-corrected chi connectivity index (χ3v) is 3.67. The van der Waals surface area contributed by atoms with Crippen LogP contribution >= 0.6 is 0 Å². The molecular weight excluding hydrogens is 214 g/mol. The van der Waals surface area contributed by atoms with Gasteiger partial charge in [-0.25, -0.2) is 4.98 Å². The number of hydrogen-bond donors (Lipinski definition) is 1. The number of nitrogens with zero attached hydrogens (tertiary/aromatic N) is 1.